The normalized spacial score (nSPS) is 12.7. The van der Waals surface area contributed by atoms with Crippen molar-refractivity contribution in [3.05, 3.63) is 77.5 Å². The second-order valence-electron chi connectivity index (χ2n) is 8.72. The second kappa shape index (κ2) is 12.4. The van der Waals surface area contributed by atoms with Gasteiger partial charge in [-0.3, -0.25) is 4.98 Å². The summed E-state index contributed by atoms with van der Waals surface area (Å²) < 4.78 is 76.7. The third-order valence-corrected chi connectivity index (χ3v) is 8.07. The van der Waals surface area contributed by atoms with Gasteiger partial charge in [-0.05, 0) is 68.3 Å². The quantitative estimate of drug-likeness (QED) is 0.247. The molecule has 0 bridgehead atoms. The van der Waals surface area contributed by atoms with Crippen LogP contribution in [0.3, 0.4) is 0 Å². The van der Waals surface area contributed by atoms with Crippen molar-refractivity contribution < 1.29 is 35.9 Å². The van der Waals surface area contributed by atoms with E-state index in [0.29, 0.717) is 41.1 Å². The van der Waals surface area contributed by atoms with Crippen LogP contribution in [-0.4, -0.2) is 32.6 Å². The van der Waals surface area contributed by atoms with Gasteiger partial charge in [-0.25, -0.2) is 13.2 Å². The van der Waals surface area contributed by atoms with Crippen LogP contribution in [0.2, 0.25) is 0 Å². The summed E-state index contributed by atoms with van der Waals surface area (Å²) in [5, 5.41) is -0.956. The summed E-state index contributed by atoms with van der Waals surface area (Å²) in [6.07, 6.45) is -2.73. The van der Waals surface area contributed by atoms with Crippen molar-refractivity contribution in [2.45, 2.75) is 56.4 Å². The molecule has 1 atom stereocenters. The molecular weight excluding hydrogens is 519 g/mol. The highest BCUT2D eigenvalue weighted by atomic mass is 32.2. The van der Waals surface area contributed by atoms with Crippen LogP contribution in [0.15, 0.2) is 65.6 Å². The second-order valence-corrected chi connectivity index (χ2v) is 10.9. The summed E-state index contributed by atoms with van der Waals surface area (Å²) in [6.45, 7) is 5.26. The first-order chi connectivity index (χ1) is 18.0. The molecule has 0 N–H and O–H groups in total. The third-order valence-electron chi connectivity index (χ3n) is 5.93. The van der Waals surface area contributed by atoms with Crippen LogP contribution in [0.4, 0.5) is 13.2 Å². The number of unbranched alkanes of at least 4 members (excludes halogenated alkanes) is 1. The maximum Gasteiger partial charge on any atom is 0.416 e. The van der Waals surface area contributed by atoms with E-state index in [1.54, 1.807) is 32.0 Å². The van der Waals surface area contributed by atoms with Crippen molar-refractivity contribution in [3.8, 4) is 17.0 Å². The van der Waals surface area contributed by atoms with Gasteiger partial charge in [0.15, 0.2) is 16.4 Å². The minimum absolute atomic E-state index is 0.0846. The van der Waals surface area contributed by atoms with Crippen LogP contribution >= 0.6 is 0 Å². The average Bonchev–Trinajstić information content (AvgIpc) is 2.88. The van der Waals surface area contributed by atoms with Crippen LogP contribution in [0.1, 0.15) is 55.2 Å². The van der Waals surface area contributed by atoms with Gasteiger partial charge in [-0.2, -0.15) is 13.2 Å². The highest BCUT2D eigenvalue weighted by Crippen LogP contribution is 2.36. The van der Waals surface area contributed by atoms with E-state index in [1.807, 2.05) is 6.92 Å². The number of hydrogen-bond donors (Lipinski definition) is 0. The molecule has 3 rings (SSSR count). The molecule has 204 valence electrons. The van der Waals surface area contributed by atoms with Gasteiger partial charge in [0.25, 0.3) is 0 Å². The lowest BCUT2D eigenvalue weighted by atomic mass is 10.1. The summed E-state index contributed by atoms with van der Waals surface area (Å²) in [6, 6.07) is 13.9. The maximum absolute atomic E-state index is 13.8. The molecule has 0 saturated heterocycles. The number of alkyl halides is 3. The number of hydrogen-bond acceptors (Lipinski definition) is 6. The van der Waals surface area contributed by atoms with Gasteiger partial charge in [0.05, 0.1) is 28.5 Å². The molecule has 3 aromatic rings. The highest BCUT2D eigenvalue weighted by molar-refractivity contribution is 7.91. The molecule has 1 heterocycles. The molecule has 0 amide bonds. The van der Waals surface area contributed by atoms with E-state index in [0.717, 1.165) is 18.6 Å². The number of sulfone groups is 1. The molecule has 6 nitrogen and oxygen atoms in total. The predicted octanol–water partition coefficient (Wildman–Crippen LogP) is 6.72. The lowest BCUT2D eigenvalue weighted by molar-refractivity contribution is -0.145. The SMILES string of the molecule is CCCCC(c1cccc(-c2ccc(C(F)(F)F)cc2)n1)S(=O)(=O)c1ccc(OCC(=O)OCC)c(C)c1. The van der Waals surface area contributed by atoms with E-state index in [9.17, 15) is 26.4 Å². The molecule has 0 spiro atoms. The van der Waals surface area contributed by atoms with Crippen LogP contribution < -0.4 is 4.74 Å². The third kappa shape index (κ3) is 7.12. The van der Waals surface area contributed by atoms with Crippen molar-refractivity contribution in [1.82, 2.24) is 4.98 Å². The Morgan fingerprint density at radius 1 is 1.03 bits per heavy atom. The van der Waals surface area contributed by atoms with E-state index in [4.69, 9.17) is 9.47 Å². The van der Waals surface area contributed by atoms with E-state index in [2.05, 4.69) is 4.98 Å². The van der Waals surface area contributed by atoms with Crippen molar-refractivity contribution in [1.29, 1.82) is 0 Å². The number of ether oxygens (including phenoxy) is 2. The number of carbonyl (C=O) groups excluding carboxylic acids is 1. The lowest BCUT2D eigenvalue weighted by Crippen LogP contribution is -2.17. The minimum Gasteiger partial charge on any atom is -0.482 e. The van der Waals surface area contributed by atoms with Crippen LogP contribution in [0.25, 0.3) is 11.3 Å². The Balaban J connectivity index is 1.93. The zero-order valence-corrected chi connectivity index (χ0v) is 22.2. The minimum atomic E-state index is -4.45. The first-order valence-corrected chi connectivity index (χ1v) is 13.8. The van der Waals surface area contributed by atoms with Gasteiger partial charge in [0, 0.05) is 5.56 Å². The zero-order valence-electron chi connectivity index (χ0n) is 21.4. The summed E-state index contributed by atoms with van der Waals surface area (Å²) >= 11 is 0. The summed E-state index contributed by atoms with van der Waals surface area (Å²) in [4.78, 5) is 16.2. The number of esters is 1. The molecule has 10 heteroatoms. The number of pyridine rings is 1. The number of nitrogens with zero attached hydrogens (tertiary/aromatic N) is 1. The number of benzene rings is 2. The molecule has 0 saturated carbocycles. The fraction of sp³-hybridized carbons (Fsp3) is 0.357. The average molecular weight is 550 g/mol. The highest BCUT2D eigenvalue weighted by Gasteiger charge is 2.32. The smallest absolute Gasteiger partial charge is 0.416 e. The van der Waals surface area contributed by atoms with Crippen molar-refractivity contribution in [3.63, 3.8) is 0 Å². The molecule has 1 unspecified atom stereocenters. The number of aryl methyl sites for hydroxylation is 1. The fourth-order valence-electron chi connectivity index (χ4n) is 3.94. The van der Waals surface area contributed by atoms with Gasteiger partial charge in [0.1, 0.15) is 11.0 Å². The van der Waals surface area contributed by atoms with Crippen molar-refractivity contribution in [2.24, 2.45) is 0 Å². The molecule has 0 radical (unpaired) electrons. The molecule has 0 aliphatic rings. The molecule has 0 fully saturated rings. The van der Waals surface area contributed by atoms with Gasteiger partial charge in [0.2, 0.25) is 0 Å². The van der Waals surface area contributed by atoms with E-state index < -0.39 is 32.8 Å². The summed E-state index contributed by atoms with van der Waals surface area (Å²) in [7, 11) is -3.89. The van der Waals surface area contributed by atoms with Gasteiger partial charge < -0.3 is 9.47 Å². The number of aromatic nitrogens is 1. The molecule has 2 aromatic carbocycles. The fourth-order valence-corrected chi connectivity index (χ4v) is 5.79. The van der Waals surface area contributed by atoms with E-state index >= 15 is 0 Å². The molecule has 1 aromatic heterocycles. The number of rotatable bonds is 11. The largest absolute Gasteiger partial charge is 0.482 e. The van der Waals surface area contributed by atoms with Crippen LogP contribution in [0.5, 0.6) is 5.75 Å². The predicted molar refractivity (Wildman–Crippen MR) is 137 cm³/mol. The van der Waals surface area contributed by atoms with E-state index in [-0.39, 0.29) is 18.1 Å². The van der Waals surface area contributed by atoms with E-state index in [1.165, 1.54) is 30.3 Å². The monoisotopic (exact) mass is 549 g/mol. The Hall–Kier alpha value is -3.40. The molecule has 38 heavy (non-hydrogen) atoms. The van der Waals surface area contributed by atoms with Crippen LogP contribution in [0, 0.1) is 6.92 Å². The molecule has 0 aliphatic carbocycles. The Labute approximate surface area is 220 Å². The van der Waals surface area contributed by atoms with Crippen molar-refractivity contribution >= 4 is 15.8 Å². The Bertz CT molecular complexity index is 1360. The standard InChI is InChI=1S/C28H30F3NO5S/c1-4-6-10-26(24-9-7-8-23(32-24)20-11-13-21(14-12-20)28(29,30)31)38(34,35)22-15-16-25(19(3)17-22)37-18-27(33)36-5-2/h7-9,11-17,26H,4-6,10,18H2,1-3H3. The maximum atomic E-state index is 13.8. The van der Waals surface area contributed by atoms with Gasteiger partial charge in [-0.1, -0.05) is 38.0 Å². The lowest BCUT2D eigenvalue weighted by Gasteiger charge is -2.19. The van der Waals surface area contributed by atoms with Crippen LogP contribution in [-0.2, 0) is 25.5 Å². The Kier molecular flexibility index (Phi) is 9.54. The Morgan fingerprint density at radius 2 is 1.74 bits per heavy atom. The van der Waals surface area contributed by atoms with Crippen molar-refractivity contribution in [2.75, 3.05) is 13.2 Å². The first-order valence-electron chi connectivity index (χ1n) is 12.2. The van der Waals surface area contributed by atoms with Gasteiger partial charge >= 0.3 is 12.1 Å². The number of carbonyl (C=O) groups is 1. The molecular formula is C28H30F3NO5S. The summed E-state index contributed by atoms with van der Waals surface area (Å²) in [5.74, 6) is -0.160. The Morgan fingerprint density at radius 3 is 2.34 bits per heavy atom. The molecule has 0 aliphatic heterocycles. The van der Waals surface area contributed by atoms with Gasteiger partial charge in [-0.15, -0.1) is 0 Å². The number of halogens is 3. The zero-order chi connectivity index (χ0) is 27.9. The first kappa shape index (κ1) is 29.2. The topological polar surface area (TPSA) is 82.6 Å². The summed E-state index contributed by atoms with van der Waals surface area (Å²) in [5.41, 5.74) is 0.912.